The predicted molar refractivity (Wildman–Crippen MR) is 102 cm³/mol. The van der Waals surface area contributed by atoms with Gasteiger partial charge in [0, 0.05) is 25.0 Å². The molecule has 0 bridgehead atoms. The Kier molecular flexibility index (Phi) is 7.55. The minimum atomic E-state index is -0.559. The Hall–Kier alpha value is -3.36. The molecule has 0 aliphatic rings. The number of anilines is 1. The van der Waals surface area contributed by atoms with Gasteiger partial charge in [-0.15, -0.1) is 0 Å². The summed E-state index contributed by atoms with van der Waals surface area (Å²) in [6, 6.07) is 6.63. The second kappa shape index (κ2) is 10.1. The van der Waals surface area contributed by atoms with Crippen molar-refractivity contribution in [2.24, 2.45) is 0 Å². The summed E-state index contributed by atoms with van der Waals surface area (Å²) in [5.41, 5.74) is 0.752. The number of nitrogens with zero attached hydrogens (tertiary/aromatic N) is 3. The molecule has 0 saturated carbocycles. The fraction of sp³-hybridized carbons (Fsp3) is 0.368. The Morgan fingerprint density at radius 1 is 1.18 bits per heavy atom. The summed E-state index contributed by atoms with van der Waals surface area (Å²) in [5.74, 6) is 0.674. The van der Waals surface area contributed by atoms with Crippen LogP contribution in [0.25, 0.3) is 0 Å². The van der Waals surface area contributed by atoms with Crippen LogP contribution in [-0.2, 0) is 14.3 Å². The highest BCUT2D eigenvalue weighted by atomic mass is 16.5. The molecular formula is C19H24N4O5. The van der Waals surface area contributed by atoms with E-state index in [0.29, 0.717) is 17.4 Å². The molecule has 1 heterocycles. The van der Waals surface area contributed by atoms with Crippen molar-refractivity contribution in [3.05, 3.63) is 42.2 Å². The lowest BCUT2D eigenvalue weighted by Crippen LogP contribution is -2.34. The van der Waals surface area contributed by atoms with Crippen LogP contribution >= 0.6 is 0 Å². The molecule has 1 aromatic heterocycles. The maximum Gasteiger partial charge on any atom is 0.326 e. The van der Waals surface area contributed by atoms with Crippen LogP contribution in [0, 0.1) is 0 Å². The van der Waals surface area contributed by atoms with Gasteiger partial charge in [0.1, 0.15) is 18.0 Å². The van der Waals surface area contributed by atoms with Crippen molar-refractivity contribution in [3.8, 4) is 11.5 Å². The third kappa shape index (κ3) is 5.83. The van der Waals surface area contributed by atoms with Crippen LogP contribution in [-0.4, -0.2) is 56.3 Å². The highest BCUT2D eigenvalue weighted by Gasteiger charge is 2.17. The highest BCUT2D eigenvalue weighted by Crippen LogP contribution is 2.29. The zero-order valence-corrected chi connectivity index (χ0v) is 16.3. The molecule has 2 rings (SSSR count). The summed E-state index contributed by atoms with van der Waals surface area (Å²) in [4.78, 5) is 33.7. The predicted octanol–water partition coefficient (Wildman–Crippen LogP) is 1.35. The molecule has 0 spiro atoms. The molecule has 1 unspecified atom stereocenters. The van der Waals surface area contributed by atoms with Gasteiger partial charge in [0.2, 0.25) is 5.95 Å². The number of likely N-dealkylation sites (N-methyl/N-ethyl adjacent to an activating group) is 1. The van der Waals surface area contributed by atoms with E-state index in [1.54, 1.807) is 64.9 Å². The SMILES string of the molecule is COc1ccc(OC)c(C(C)NC(=O)COC(=O)CN(C)c2ncccn2)c1. The molecule has 9 nitrogen and oxygen atoms in total. The van der Waals surface area contributed by atoms with E-state index in [1.165, 1.54) is 4.90 Å². The van der Waals surface area contributed by atoms with Crippen molar-refractivity contribution >= 4 is 17.8 Å². The van der Waals surface area contributed by atoms with E-state index < -0.39 is 11.9 Å². The van der Waals surface area contributed by atoms with Crippen LogP contribution in [0.3, 0.4) is 0 Å². The number of esters is 1. The molecule has 1 amide bonds. The average Bonchev–Trinajstić information content (AvgIpc) is 2.72. The lowest BCUT2D eigenvalue weighted by atomic mass is 10.1. The smallest absolute Gasteiger partial charge is 0.326 e. The normalized spacial score (nSPS) is 11.3. The molecule has 9 heteroatoms. The van der Waals surface area contributed by atoms with Crippen LogP contribution in [0.4, 0.5) is 5.95 Å². The van der Waals surface area contributed by atoms with E-state index in [0.717, 1.165) is 5.56 Å². The van der Waals surface area contributed by atoms with E-state index in [1.807, 2.05) is 0 Å². The number of aromatic nitrogens is 2. The van der Waals surface area contributed by atoms with Gasteiger partial charge >= 0.3 is 5.97 Å². The monoisotopic (exact) mass is 388 g/mol. The quantitative estimate of drug-likeness (QED) is 0.642. The lowest BCUT2D eigenvalue weighted by molar-refractivity contribution is -0.147. The van der Waals surface area contributed by atoms with Gasteiger partial charge in [0.25, 0.3) is 5.91 Å². The molecule has 0 fully saturated rings. The number of amides is 1. The fourth-order valence-corrected chi connectivity index (χ4v) is 2.48. The summed E-state index contributed by atoms with van der Waals surface area (Å²) in [5, 5.41) is 2.77. The van der Waals surface area contributed by atoms with Crippen molar-refractivity contribution in [2.45, 2.75) is 13.0 Å². The molecule has 1 aromatic carbocycles. The van der Waals surface area contributed by atoms with E-state index in [2.05, 4.69) is 15.3 Å². The Morgan fingerprint density at radius 2 is 1.89 bits per heavy atom. The number of nitrogens with one attached hydrogen (secondary N) is 1. The first-order valence-corrected chi connectivity index (χ1v) is 8.59. The van der Waals surface area contributed by atoms with Crippen molar-refractivity contribution in [1.29, 1.82) is 0 Å². The van der Waals surface area contributed by atoms with E-state index in [4.69, 9.17) is 14.2 Å². The van der Waals surface area contributed by atoms with Gasteiger partial charge < -0.3 is 24.4 Å². The van der Waals surface area contributed by atoms with Gasteiger partial charge in [0.05, 0.1) is 20.3 Å². The third-order valence-electron chi connectivity index (χ3n) is 3.90. The average molecular weight is 388 g/mol. The van der Waals surface area contributed by atoms with Crippen LogP contribution in [0.15, 0.2) is 36.7 Å². The number of methoxy groups -OCH3 is 2. The van der Waals surface area contributed by atoms with Crippen molar-refractivity contribution in [2.75, 3.05) is 39.3 Å². The molecule has 1 atom stereocenters. The van der Waals surface area contributed by atoms with Crippen LogP contribution < -0.4 is 19.7 Å². The number of hydrogen-bond donors (Lipinski definition) is 1. The molecule has 0 aliphatic heterocycles. The van der Waals surface area contributed by atoms with Crippen LogP contribution in [0.5, 0.6) is 11.5 Å². The fourth-order valence-electron chi connectivity index (χ4n) is 2.48. The summed E-state index contributed by atoms with van der Waals surface area (Å²) < 4.78 is 15.6. The first kappa shape index (κ1) is 20.9. The topological polar surface area (TPSA) is 103 Å². The molecule has 1 N–H and O–H groups in total. The molecule has 0 saturated heterocycles. The van der Waals surface area contributed by atoms with Gasteiger partial charge in [-0.3, -0.25) is 9.59 Å². The van der Waals surface area contributed by atoms with Gasteiger partial charge in [-0.25, -0.2) is 9.97 Å². The minimum Gasteiger partial charge on any atom is -0.497 e. The van der Waals surface area contributed by atoms with Gasteiger partial charge in [0.15, 0.2) is 6.61 Å². The Labute approximate surface area is 163 Å². The number of rotatable bonds is 9. The molecule has 0 radical (unpaired) electrons. The molecule has 150 valence electrons. The Balaban J connectivity index is 1.86. The maximum absolute atomic E-state index is 12.1. The molecule has 0 aliphatic carbocycles. The summed E-state index contributed by atoms with van der Waals surface area (Å²) >= 11 is 0. The van der Waals surface area contributed by atoms with Gasteiger partial charge in [-0.2, -0.15) is 0 Å². The number of carbonyl (C=O) groups excluding carboxylic acids is 2. The minimum absolute atomic E-state index is 0.0729. The van der Waals surface area contributed by atoms with Crippen molar-refractivity contribution in [3.63, 3.8) is 0 Å². The molecule has 2 aromatic rings. The number of hydrogen-bond acceptors (Lipinski definition) is 8. The summed E-state index contributed by atoms with van der Waals surface area (Å²) in [6.45, 7) is 1.34. The van der Waals surface area contributed by atoms with E-state index in [9.17, 15) is 9.59 Å². The highest BCUT2D eigenvalue weighted by molar-refractivity contribution is 5.82. The van der Waals surface area contributed by atoms with Gasteiger partial charge in [-0.1, -0.05) is 0 Å². The molecule has 28 heavy (non-hydrogen) atoms. The Morgan fingerprint density at radius 3 is 2.54 bits per heavy atom. The van der Waals surface area contributed by atoms with E-state index in [-0.39, 0.29) is 19.2 Å². The van der Waals surface area contributed by atoms with E-state index >= 15 is 0 Å². The Bertz CT molecular complexity index is 800. The first-order chi connectivity index (χ1) is 13.4. The largest absolute Gasteiger partial charge is 0.497 e. The summed E-state index contributed by atoms with van der Waals surface area (Å²) in [6.07, 6.45) is 3.15. The zero-order chi connectivity index (χ0) is 20.5. The van der Waals surface area contributed by atoms with Crippen LogP contribution in [0.2, 0.25) is 0 Å². The third-order valence-corrected chi connectivity index (χ3v) is 3.90. The second-order valence-electron chi connectivity index (χ2n) is 5.96. The first-order valence-electron chi connectivity index (χ1n) is 8.59. The molecular weight excluding hydrogens is 364 g/mol. The maximum atomic E-state index is 12.1. The second-order valence-corrected chi connectivity index (χ2v) is 5.96. The standard InChI is InChI=1S/C19H24N4O5/c1-13(15-10-14(26-3)6-7-16(15)27-4)22-17(24)12-28-18(25)11-23(2)19-20-8-5-9-21-19/h5-10,13H,11-12H2,1-4H3,(H,22,24). The number of ether oxygens (including phenoxy) is 3. The van der Waals surface area contributed by atoms with Gasteiger partial charge in [-0.05, 0) is 31.2 Å². The number of benzene rings is 1. The van der Waals surface area contributed by atoms with Crippen molar-refractivity contribution in [1.82, 2.24) is 15.3 Å². The summed E-state index contributed by atoms with van der Waals surface area (Å²) in [7, 11) is 4.77. The van der Waals surface area contributed by atoms with Crippen molar-refractivity contribution < 1.29 is 23.8 Å². The zero-order valence-electron chi connectivity index (χ0n) is 16.3. The van der Waals surface area contributed by atoms with Crippen LogP contribution in [0.1, 0.15) is 18.5 Å². The number of carbonyl (C=O) groups is 2. The lowest BCUT2D eigenvalue weighted by Gasteiger charge is -2.19.